The molecule has 0 saturated heterocycles. The number of benzene rings is 1. The average molecular weight is 372 g/mol. The standard InChI is InChI=1S/C19H21N3OS2/c1-2-6-13-9-14-15(10-23-13)25-18-16(14)17(20)21-19(22-18)24-11-12-7-4-3-5-8-12/h3-5,7-8,13H,2,6,9-11H2,1H3,(H2,20,21,22). The summed E-state index contributed by atoms with van der Waals surface area (Å²) in [6.07, 6.45) is 3.44. The molecule has 2 N–H and O–H groups in total. The van der Waals surface area contributed by atoms with Crippen LogP contribution in [0.25, 0.3) is 10.2 Å². The Morgan fingerprint density at radius 1 is 1.28 bits per heavy atom. The van der Waals surface area contributed by atoms with Gasteiger partial charge in [-0.2, -0.15) is 0 Å². The number of thioether (sulfide) groups is 1. The number of ether oxygens (including phenoxy) is 1. The number of hydrogen-bond acceptors (Lipinski definition) is 6. The van der Waals surface area contributed by atoms with Gasteiger partial charge < -0.3 is 10.5 Å². The first-order chi connectivity index (χ1) is 12.2. The fourth-order valence-corrected chi connectivity index (χ4v) is 5.21. The van der Waals surface area contributed by atoms with Crippen LogP contribution in [0.3, 0.4) is 0 Å². The van der Waals surface area contributed by atoms with Crippen LogP contribution < -0.4 is 5.73 Å². The van der Waals surface area contributed by atoms with E-state index in [2.05, 4.69) is 24.0 Å². The molecule has 130 valence electrons. The Hall–Kier alpha value is -1.63. The van der Waals surface area contributed by atoms with Crippen LogP contribution in [0.1, 0.15) is 35.8 Å². The fraction of sp³-hybridized carbons (Fsp3) is 0.368. The summed E-state index contributed by atoms with van der Waals surface area (Å²) in [4.78, 5) is 11.6. The van der Waals surface area contributed by atoms with Gasteiger partial charge in [-0.1, -0.05) is 55.4 Å². The van der Waals surface area contributed by atoms with Crippen LogP contribution in [0.2, 0.25) is 0 Å². The predicted octanol–water partition coefficient (Wildman–Crippen LogP) is 4.81. The topological polar surface area (TPSA) is 61.0 Å². The number of anilines is 1. The van der Waals surface area contributed by atoms with Gasteiger partial charge in [0.05, 0.1) is 18.1 Å². The minimum absolute atomic E-state index is 0.293. The minimum Gasteiger partial charge on any atom is -0.383 e. The third-order valence-corrected chi connectivity index (χ3v) is 6.46. The second-order valence-corrected chi connectivity index (χ2v) is 8.30. The molecule has 0 spiro atoms. The van der Waals surface area contributed by atoms with Gasteiger partial charge in [0.1, 0.15) is 10.6 Å². The molecule has 4 rings (SSSR count). The highest BCUT2D eigenvalue weighted by molar-refractivity contribution is 7.98. The first-order valence-electron chi connectivity index (χ1n) is 8.60. The van der Waals surface area contributed by atoms with E-state index in [1.54, 1.807) is 23.1 Å². The van der Waals surface area contributed by atoms with E-state index < -0.39 is 0 Å². The van der Waals surface area contributed by atoms with Crippen LogP contribution in [0.5, 0.6) is 0 Å². The smallest absolute Gasteiger partial charge is 0.191 e. The van der Waals surface area contributed by atoms with E-state index in [9.17, 15) is 0 Å². The number of nitrogens with two attached hydrogens (primary N) is 1. The number of thiophene rings is 1. The van der Waals surface area contributed by atoms with Gasteiger partial charge in [-0.25, -0.2) is 9.97 Å². The summed E-state index contributed by atoms with van der Waals surface area (Å²) < 4.78 is 5.97. The molecule has 1 aliphatic heterocycles. The Morgan fingerprint density at radius 3 is 2.92 bits per heavy atom. The molecule has 1 aliphatic rings. The van der Waals surface area contributed by atoms with E-state index in [0.717, 1.165) is 40.4 Å². The van der Waals surface area contributed by atoms with Crippen molar-refractivity contribution in [2.45, 2.75) is 49.8 Å². The van der Waals surface area contributed by atoms with Gasteiger partial charge in [0.15, 0.2) is 5.16 Å². The van der Waals surface area contributed by atoms with Crippen LogP contribution in [-0.2, 0) is 23.5 Å². The van der Waals surface area contributed by atoms with Gasteiger partial charge >= 0.3 is 0 Å². The third-order valence-electron chi connectivity index (χ3n) is 4.44. The lowest BCUT2D eigenvalue weighted by molar-refractivity contribution is 0.0254. The zero-order valence-electron chi connectivity index (χ0n) is 14.2. The Balaban J connectivity index is 1.60. The highest BCUT2D eigenvalue weighted by Crippen LogP contribution is 2.39. The molecular weight excluding hydrogens is 350 g/mol. The molecule has 3 heterocycles. The molecule has 0 saturated carbocycles. The Labute approximate surface area is 155 Å². The maximum atomic E-state index is 6.32. The summed E-state index contributed by atoms with van der Waals surface area (Å²) in [7, 11) is 0. The zero-order chi connectivity index (χ0) is 17.2. The normalized spacial score (nSPS) is 16.9. The molecule has 4 nitrogen and oxygen atoms in total. The molecule has 25 heavy (non-hydrogen) atoms. The predicted molar refractivity (Wildman–Crippen MR) is 105 cm³/mol. The van der Waals surface area contributed by atoms with Crippen LogP contribution in [-0.4, -0.2) is 16.1 Å². The van der Waals surface area contributed by atoms with Gasteiger partial charge in [-0.05, 0) is 17.5 Å². The van der Waals surface area contributed by atoms with Crippen LogP contribution in [0.4, 0.5) is 5.82 Å². The first-order valence-corrected chi connectivity index (χ1v) is 10.4. The summed E-state index contributed by atoms with van der Waals surface area (Å²) in [5.41, 5.74) is 8.88. The van der Waals surface area contributed by atoms with Crippen molar-refractivity contribution in [2.75, 3.05) is 5.73 Å². The fourth-order valence-electron chi connectivity index (χ4n) is 3.22. The molecule has 6 heteroatoms. The summed E-state index contributed by atoms with van der Waals surface area (Å²) in [6, 6.07) is 10.4. The molecule has 1 aromatic carbocycles. The molecule has 0 aliphatic carbocycles. The first kappa shape index (κ1) is 16.8. The van der Waals surface area contributed by atoms with Crippen LogP contribution in [0, 0.1) is 0 Å². The van der Waals surface area contributed by atoms with Gasteiger partial charge in [0.25, 0.3) is 0 Å². The summed E-state index contributed by atoms with van der Waals surface area (Å²) in [5, 5.41) is 1.80. The van der Waals surface area contributed by atoms with Crippen molar-refractivity contribution >= 4 is 39.1 Å². The lowest BCUT2D eigenvalue weighted by Crippen LogP contribution is -2.21. The number of fused-ring (bicyclic) bond motifs is 3. The molecule has 1 atom stereocenters. The van der Waals surface area contributed by atoms with E-state index in [-0.39, 0.29) is 0 Å². The van der Waals surface area contributed by atoms with Crippen molar-refractivity contribution in [1.29, 1.82) is 0 Å². The Kier molecular flexibility index (Phi) is 4.92. The molecule has 0 radical (unpaired) electrons. The SMILES string of the molecule is CCCC1Cc2c(sc3nc(SCc4ccccc4)nc(N)c23)CO1. The third kappa shape index (κ3) is 3.52. The maximum absolute atomic E-state index is 6.32. The highest BCUT2D eigenvalue weighted by Gasteiger charge is 2.25. The van der Waals surface area contributed by atoms with Crippen molar-refractivity contribution in [1.82, 2.24) is 9.97 Å². The van der Waals surface area contributed by atoms with Gasteiger partial charge in [-0.3, -0.25) is 0 Å². The van der Waals surface area contributed by atoms with Crippen LogP contribution in [0.15, 0.2) is 35.5 Å². The lowest BCUT2D eigenvalue weighted by Gasteiger charge is -2.22. The van der Waals surface area contributed by atoms with E-state index in [4.69, 9.17) is 15.5 Å². The van der Waals surface area contributed by atoms with Crippen LogP contribution >= 0.6 is 23.1 Å². The molecule has 0 fully saturated rings. The van der Waals surface area contributed by atoms with Crippen molar-refractivity contribution in [3.05, 3.63) is 46.3 Å². The molecular formula is C19H21N3OS2. The van der Waals surface area contributed by atoms with Gasteiger partial charge in [-0.15, -0.1) is 11.3 Å². The molecule has 2 aromatic heterocycles. The van der Waals surface area contributed by atoms with E-state index in [0.29, 0.717) is 18.5 Å². The second-order valence-electron chi connectivity index (χ2n) is 6.28. The number of nitrogens with zero attached hydrogens (tertiary/aromatic N) is 2. The lowest BCUT2D eigenvalue weighted by atomic mass is 10.0. The van der Waals surface area contributed by atoms with E-state index in [1.807, 2.05) is 18.2 Å². The number of rotatable bonds is 5. The zero-order valence-corrected chi connectivity index (χ0v) is 15.8. The van der Waals surface area contributed by atoms with Crippen molar-refractivity contribution in [2.24, 2.45) is 0 Å². The minimum atomic E-state index is 0.293. The molecule has 0 bridgehead atoms. The molecule has 0 amide bonds. The number of nitrogen functional groups attached to an aromatic ring is 1. The van der Waals surface area contributed by atoms with Crippen molar-refractivity contribution in [3.63, 3.8) is 0 Å². The van der Waals surface area contributed by atoms with E-state index in [1.165, 1.54) is 16.0 Å². The van der Waals surface area contributed by atoms with E-state index >= 15 is 0 Å². The largest absolute Gasteiger partial charge is 0.383 e. The Morgan fingerprint density at radius 2 is 2.12 bits per heavy atom. The quantitative estimate of drug-likeness (QED) is 0.515. The average Bonchev–Trinajstić information content (AvgIpc) is 2.99. The Bertz CT molecular complexity index is 879. The number of hydrogen-bond donors (Lipinski definition) is 1. The molecule has 3 aromatic rings. The van der Waals surface area contributed by atoms with Gasteiger partial charge in [0, 0.05) is 17.1 Å². The molecule has 1 unspecified atom stereocenters. The summed E-state index contributed by atoms with van der Waals surface area (Å²) >= 11 is 3.33. The highest BCUT2D eigenvalue weighted by atomic mass is 32.2. The maximum Gasteiger partial charge on any atom is 0.191 e. The second kappa shape index (κ2) is 7.32. The monoisotopic (exact) mass is 371 g/mol. The van der Waals surface area contributed by atoms with Crippen molar-refractivity contribution < 1.29 is 4.74 Å². The summed E-state index contributed by atoms with van der Waals surface area (Å²) in [6.45, 7) is 2.87. The summed E-state index contributed by atoms with van der Waals surface area (Å²) in [5.74, 6) is 1.45. The van der Waals surface area contributed by atoms with Crippen molar-refractivity contribution in [3.8, 4) is 0 Å². The van der Waals surface area contributed by atoms with Gasteiger partial charge in [0.2, 0.25) is 0 Å². The number of aromatic nitrogens is 2.